The SMILES string of the molecule is FC(CCl)C(Cl)C(F)(F)F. The molecule has 0 saturated carbocycles. The highest BCUT2D eigenvalue weighted by atomic mass is 35.5. The second kappa shape index (κ2) is 3.62. The number of rotatable bonds is 2. The first kappa shape index (κ1) is 10.3. The molecule has 0 aromatic carbocycles. The number of hydrogen-bond donors (Lipinski definition) is 0. The highest BCUT2D eigenvalue weighted by Crippen LogP contribution is 2.29. The van der Waals surface area contributed by atoms with Crippen molar-refractivity contribution in [2.24, 2.45) is 0 Å². The third-order valence-electron chi connectivity index (χ3n) is 0.778. The van der Waals surface area contributed by atoms with Crippen LogP contribution in [0.15, 0.2) is 0 Å². The second-order valence-corrected chi connectivity index (χ2v) is 2.39. The van der Waals surface area contributed by atoms with E-state index in [9.17, 15) is 17.6 Å². The van der Waals surface area contributed by atoms with Gasteiger partial charge < -0.3 is 0 Å². The first-order valence-electron chi connectivity index (χ1n) is 2.30. The van der Waals surface area contributed by atoms with Crippen LogP contribution in [-0.4, -0.2) is 23.6 Å². The van der Waals surface area contributed by atoms with Gasteiger partial charge in [-0.25, -0.2) is 4.39 Å². The van der Waals surface area contributed by atoms with Gasteiger partial charge in [-0.05, 0) is 0 Å². The molecule has 0 heterocycles. The molecule has 0 nitrogen and oxygen atoms in total. The summed E-state index contributed by atoms with van der Waals surface area (Å²) < 4.78 is 46.4. The summed E-state index contributed by atoms with van der Waals surface area (Å²) in [4.78, 5) is 0. The molecular formula is C4H4Cl2F4. The number of halogens is 6. The third-order valence-corrected chi connectivity index (χ3v) is 1.59. The van der Waals surface area contributed by atoms with Crippen LogP contribution in [0.1, 0.15) is 0 Å². The molecule has 0 saturated heterocycles. The van der Waals surface area contributed by atoms with Gasteiger partial charge in [0.1, 0.15) is 6.17 Å². The standard InChI is InChI=1S/C4H4Cl2F4/c5-1-2(7)3(6)4(8,9)10/h2-3H,1H2. The molecule has 0 aliphatic rings. The van der Waals surface area contributed by atoms with Crippen LogP contribution in [0.3, 0.4) is 0 Å². The van der Waals surface area contributed by atoms with Gasteiger partial charge in [0.2, 0.25) is 0 Å². The van der Waals surface area contributed by atoms with Gasteiger partial charge in [0.15, 0.2) is 5.38 Å². The molecule has 0 aromatic heterocycles. The Morgan fingerprint density at radius 1 is 1.30 bits per heavy atom. The summed E-state index contributed by atoms with van der Waals surface area (Å²) in [5.41, 5.74) is 0. The number of alkyl halides is 6. The monoisotopic (exact) mass is 198 g/mol. The maximum atomic E-state index is 12.0. The van der Waals surface area contributed by atoms with Crippen molar-refractivity contribution in [3.05, 3.63) is 0 Å². The maximum Gasteiger partial charge on any atom is 0.407 e. The Labute approximate surface area is 65.1 Å². The van der Waals surface area contributed by atoms with Crippen molar-refractivity contribution in [3.8, 4) is 0 Å². The molecule has 0 N–H and O–H groups in total. The topological polar surface area (TPSA) is 0 Å². The van der Waals surface area contributed by atoms with Crippen molar-refractivity contribution < 1.29 is 17.6 Å². The minimum absolute atomic E-state index is 0.742. The lowest BCUT2D eigenvalue weighted by Crippen LogP contribution is -2.33. The molecular weight excluding hydrogens is 195 g/mol. The fourth-order valence-corrected chi connectivity index (χ4v) is 0.642. The van der Waals surface area contributed by atoms with Gasteiger partial charge in [-0.3, -0.25) is 0 Å². The van der Waals surface area contributed by atoms with Crippen LogP contribution < -0.4 is 0 Å². The van der Waals surface area contributed by atoms with E-state index in [0.29, 0.717) is 0 Å². The Kier molecular flexibility index (Phi) is 3.73. The fraction of sp³-hybridized carbons (Fsp3) is 1.00. The average molecular weight is 199 g/mol. The van der Waals surface area contributed by atoms with Crippen molar-refractivity contribution in [2.45, 2.75) is 17.7 Å². The van der Waals surface area contributed by atoms with Crippen LogP contribution in [0.5, 0.6) is 0 Å². The predicted molar refractivity (Wildman–Crippen MR) is 31.3 cm³/mol. The molecule has 0 fully saturated rings. The number of hydrogen-bond acceptors (Lipinski definition) is 0. The highest BCUT2D eigenvalue weighted by molar-refractivity contribution is 6.23. The molecule has 0 amide bonds. The summed E-state index contributed by atoms with van der Waals surface area (Å²) in [6.45, 7) is 0. The van der Waals surface area contributed by atoms with E-state index in [1.165, 1.54) is 0 Å². The maximum absolute atomic E-state index is 12.0. The zero-order valence-electron chi connectivity index (χ0n) is 4.63. The molecule has 0 aliphatic carbocycles. The van der Waals surface area contributed by atoms with Crippen molar-refractivity contribution in [1.29, 1.82) is 0 Å². The molecule has 0 aliphatic heterocycles. The van der Waals surface area contributed by atoms with Crippen molar-refractivity contribution in [1.82, 2.24) is 0 Å². The van der Waals surface area contributed by atoms with E-state index in [2.05, 4.69) is 11.6 Å². The summed E-state index contributed by atoms with van der Waals surface area (Å²) in [6.07, 6.45) is -6.95. The minimum atomic E-state index is -4.71. The van der Waals surface area contributed by atoms with Crippen LogP contribution in [0, 0.1) is 0 Å². The second-order valence-electron chi connectivity index (χ2n) is 1.61. The molecule has 0 bridgehead atoms. The molecule has 0 rings (SSSR count). The molecule has 0 aromatic rings. The average Bonchev–Trinajstić information content (AvgIpc) is 1.83. The van der Waals surface area contributed by atoms with Crippen LogP contribution in [-0.2, 0) is 0 Å². The van der Waals surface area contributed by atoms with Gasteiger partial charge in [-0.15, -0.1) is 23.2 Å². The van der Waals surface area contributed by atoms with E-state index in [1.807, 2.05) is 0 Å². The van der Waals surface area contributed by atoms with Crippen LogP contribution >= 0.6 is 23.2 Å². The Bertz CT molecular complexity index is 102. The molecule has 2 atom stereocenters. The summed E-state index contributed by atoms with van der Waals surface area (Å²) in [5.74, 6) is -0.742. The largest absolute Gasteiger partial charge is 0.407 e. The Morgan fingerprint density at radius 3 is 1.80 bits per heavy atom. The minimum Gasteiger partial charge on any atom is -0.244 e. The van der Waals surface area contributed by atoms with Gasteiger partial charge in [0.05, 0.1) is 5.88 Å². The summed E-state index contributed by atoms with van der Waals surface area (Å²) in [7, 11) is 0. The molecule has 2 unspecified atom stereocenters. The zero-order chi connectivity index (χ0) is 8.36. The zero-order valence-corrected chi connectivity index (χ0v) is 6.14. The van der Waals surface area contributed by atoms with Crippen LogP contribution in [0.2, 0.25) is 0 Å². The van der Waals surface area contributed by atoms with Gasteiger partial charge in [-0.2, -0.15) is 13.2 Å². The normalized spacial score (nSPS) is 18.6. The molecule has 6 heteroatoms. The molecule has 62 valence electrons. The fourth-order valence-electron chi connectivity index (χ4n) is 0.283. The molecule has 10 heavy (non-hydrogen) atoms. The first-order valence-corrected chi connectivity index (χ1v) is 3.27. The van der Waals surface area contributed by atoms with Gasteiger partial charge in [0.25, 0.3) is 0 Å². The van der Waals surface area contributed by atoms with Crippen molar-refractivity contribution in [2.75, 3.05) is 5.88 Å². The third kappa shape index (κ3) is 2.92. The summed E-state index contributed by atoms with van der Waals surface area (Å²) in [6, 6.07) is 0. The summed E-state index contributed by atoms with van der Waals surface area (Å²) >= 11 is 9.42. The first-order chi connectivity index (χ1) is 4.39. The van der Waals surface area contributed by atoms with E-state index in [4.69, 9.17) is 11.6 Å². The van der Waals surface area contributed by atoms with Gasteiger partial charge in [0, 0.05) is 0 Å². The van der Waals surface area contributed by atoms with Gasteiger partial charge in [-0.1, -0.05) is 0 Å². The Morgan fingerprint density at radius 2 is 1.70 bits per heavy atom. The van der Waals surface area contributed by atoms with E-state index < -0.39 is 23.6 Å². The van der Waals surface area contributed by atoms with E-state index >= 15 is 0 Å². The van der Waals surface area contributed by atoms with Crippen LogP contribution in [0.4, 0.5) is 17.6 Å². The lowest BCUT2D eigenvalue weighted by atomic mass is 10.3. The van der Waals surface area contributed by atoms with Crippen molar-refractivity contribution >= 4 is 23.2 Å². The molecule has 0 radical (unpaired) electrons. The van der Waals surface area contributed by atoms with Gasteiger partial charge >= 0.3 is 6.18 Å². The van der Waals surface area contributed by atoms with E-state index in [-0.39, 0.29) is 0 Å². The summed E-state index contributed by atoms with van der Waals surface area (Å²) in [5, 5.41) is -2.50. The quantitative estimate of drug-likeness (QED) is 0.473. The lowest BCUT2D eigenvalue weighted by molar-refractivity contribution is -0.140. The predicted octanol–water partition coefficient (Wildman–Crippen LogP) is 2.73. The Balaban J connectivity index is 3.94. The highest BCUT2D eigenvalue weighted by Gasteiger charge is 2.43. The lowest BCUT2D eigenvalue weighted by Gasteiger charge is -2.15. The van der Waals surface area contributed by atoms with Crippen molar-refractivity contribution in [3.63, 3.8) is 0 Å². The van der Waals surface area contributed by atoms with Crippen LogP contribution in [0.25, 0.3) is 0 Å². The Hall–Kier alpha value is 0.300. The molecule has 0 spiro atoms. The van der Waals surface area contributed by atoms with E-state index in [0.717, 1.165) is 0 Å². The van der Waals surface area contributed by atoms with E-state index in [1.54, 1.807) is 0 Å². The smallest absolute Gasteiger partial charge is 0.244 e.